The fourth-order valence-electron chi connectivity index (χ4n) is 1.99. The molecule has 3 rings (SSSR count). The number of Topliss-reactive ketones (excluding diaryl/α,β-unsaturated/α-hetero) is 1. The van der Waals surface area contributed by atoms with Crippen LogP contribution in [0, 0.1) is 6.92 Å². The molecule has 0 aliphatic rings. The first-order valence-corrected chi connectivity index (χ1v) is 6.75. The second-order valence-electron chi connectivity index (χ2n) is 4.79. The van der Waals surface area contributed by atoms with Crippen molar-refractivity contribution in [2.75, 3.05) is 0 Å². The van der Waals surface area contributed by atoms with E-state index in [-0.39, 0.29) is 41.1 Å². The van der Waals surface area contributed by atoms with E-state index in [0.717, 1.165) is 18.4 Å². The van der Waals surface area contributed by atoms with E-state index in [1.165, 1.54) is 6.92 Å². The van der Waals surface area contributed by atoms with Crippen LogP contribution < -0.4 is 40.3 Å². The van der Waals surface area contributed by atoms with Gasteiger partial charge in [0.1, 0.15) is 17.0 Å². The normalized spacial score (nSPS) is 9.58. The summed E-state index contributed by atoms with van der Waals surface area (Å²) in [4.78, 5) is 25.7. The van der Waals surface area contributed by atoms with E-state index in [2.05, 4.69) is 9.40 Å². The van der Waals surface area contributed by atoms with Gasteiger partial charge in [-0.1, -0.05) is 23.9 Å². The summed E-state index contributed by atoms with van der Waals surface area (Å²) in [5.41, 5.74) is -0.594. The molecule has 1 N–H and O–H groups in total. The number of fused-ring (bicyclic) bond motifs is 1. The van der Waals surface area contributed by atoms with Crippen molar-refractivity contribution in [2.24, 2.45) is 0 Å². The molecule has 118 valence electrons. The minimum atomic E-state index is -0.854. The zero-order chi connectivity index (χ0) is 17.0. The Kier molecular flexibility index (Phi) is 7.16. The molecule has 0 saturated heterocycles. The van der Waals surface area contributed by atoms with Crippen molar-refractivity contribution in [3.8, 4) is 11.5 Å². The maximum atomic E-state index is 11.0. The standard InChI is InChI=1S/C9H7NO.C8H8O4.Na/c11-8-5-1-3-7-4-2-6-10-9(7)8;1-4-3-6(10)7(5(2)9)8(11)12-4;/h1-6,11H;3,10H,1-2H3;/q;;+1/p-1. The van der Waals surface area contributed by atoms with Crippen LogP contribution in [-0.2, 0) is 0 Å². The van der Waals surface area contributed by atoms with Crippen molar-refractivity contribution in [3.05, 3.63) is 64.3 Å². The Labute approximate surface area is 160 Å². The molecular weight excluding hydrogens is 321 g/mol. The number of nitrogens with zero attached hydrogens (tertiary/aromatic N) is 1. The number of benzene rings is 1. The molecule has 0 amide bonds. The number of rotatable bonds is 1. The molecule has 2 heterocycles. The molecule has 2 aromatic heterocycles. The van der Waals surface area contributed by atoms with E-state index in [9.17, 15) is 19.8 Å². The number of phenolic OH excluding ortho intramolecular Hbond substituents is 1. The van der Waals surface area contributed by atoms with Gasteiger partial charge in [0.15, 0.2) is 5.78 Å². The van der Waals surface area contributed by atoms with E-state index in [1.54, 1.807) is 18.3 Å². The Morgan fingerprint density at radius 2 is 1.92 bits per heavy atom. The predicted molar refractivity (Wildman–Crippen MR) is 82.6 cm³/mol. The molecule has 0 fully saturated rings. The predicted octanol–water partition coefficient (Wildman–Crippen LogP) is -0.831. The topological polar surface area (TPSA) is 103 Å². The number of carbonyl (C=O) groups is 1. The first kappa shape index (κ1) is 19.9. The first-order chi connectivity index (χ1) is 10.9. The number of pyridine rings is 1. The largest absolute Gasteiger partial charge is 1.00 e. The molecule has 6 nitrogen and oxygen atoms in total. The Balaban J connectivity index is 0.000000231. The van der Waals surface area contributed by atoms with Gasteiger partial charge in [-0.3, -0.25) is 9.78 Å². The summed E-state index contributed by atoms with van der Waals surface area (Å²) < 4.78 is 4.57. The van der Waals surface area contributed by atoms with Crippen molar-refractivity contribution in [1.29, 1.82) is 0 Å². The van der Waals surface area contributed by atoms with Crippen LogP contribution in [0.4, 0.5) is 0 Å². The molecule has 7 heteroatoms. The van der Waals surface area contributed by atoms with Crippen LogP contribution in [0.5, 0.6) is 11.5 Å². The van der Waals surface area contributed by atoms with Gasteiger partial charge in [0.2, 0.25) is 0 Å². The minimum absolute atomic E-state index is 0. The molecule has 0 saturated carbocycles. The van der Waals surface area contributed by atoms with Crippen LogP contribution >= 0.6 is 0 Å². The van der Waals surface area contributed by atoms with Crippen LogP contribution in [0.25, 0.3) is 10.9 Å². The number of hydrogen-bond donors (Lipinski definition) is 1. The summed E-state index contributed by atoms with van der Waals surface area (Å²) in [6.45, 7) is 2.63. The van der Waals surface area contributed by atoms with Crippen molar-refractivity contribution in [1.82, 2.24) is 4.98 Å². The van der Waals surface area contributed by atoms with Crippen LogP contribution in [0.15, 0.2) is 51.8 Å². The van der Waals surface area contributed by atoms with Gasteiger partial charge in [0, 0.05) is 11.6 Å². The Morgan fingerprint density at radius 3 is 2.50 bits per heavy atom. The molecule has 0 aliphatic carbocycles. The summed E-state index contributed by atoms with van der Waals surface area (Å²) in [7, 11) is 0. The quantitative estimate of drug-likeness (QED) is 0.460. The van der Waals surface area contributed by atoms with E-state index in [1.807, 2.05) is 18.2 Å². The van der Waals surface area contributed by atoms with Crippen LogP contribution in [0.2, 0.25) is 0 Å². The number of hydrogen-bond acceptors (Lipinski definition) is 6. The number of aromatic hydroxyl groups is 1. The maximum Gasteiger partial charge on any atom is 1.00 e. The zero-order valence-electron chi connectivity index (χ0n) is 13.6. The van der Waals surface area contributed by atoms with Crippen molar-refractivity contribution < 1.29 is 49.0 Å². The van der Waals surface area contributed by atoms with Gasteiger partial charge in [0.05, 0.1) is 5.56 Å². The Hall–Kier alpha value is -2.15. The number of para-hydroxylation sites is 1. The molecule has 0 aliphatic heterocycles. The third-order valence-electron chi connectivity index (χ3n) is 3.00. The minimum Gasteiger partial charge on any atom is -0.872 e. The summed E-state index contributed by atoms with van der Waals surface area (Å²) in [6.07, 6.45) is 1.67. The molecule has 0 spiro atoms. The van der Waals surface area contributed by atoms with Crippen molar-refractivity contribution in [2.45, 2.75) is 13.8 Å². The number of ketones is 1. The van der Waals surface area contributed by atoms with E-state index >= 15 is 0 Å². The number of carbonyl (C=O) groups excluding carboxylic acids is 1. The molecule has 0 radical (unpaired) electrons. The Morgan fingerprint density at radius 1 is 1.25 bits per heavy atom. The number of phenols is 1. The molecular formula is C17H14NNaO5. The molecule has 1 aromatic carbocycles. The summed E-state index contributed by atoms with van der Waals surface area (Å²) in [5.74, 6) is -0.678. The van der Waals surface area contributed by atoms with Gasteiger partial charge in [-0.15, -0.1) is 0 Å². The second-order valence-corrected chi connectivity index (χ2v) is 4.79. The maximum absolute atomic E-state index is 11.0. The van der Waals surface area contributed by atoms with Crippen LogP contribution in [0.3, 0.4) is 0 Å². The van der Waals surface area contributed by atoms with Gasteiger partial charge in [-0.2, -0.15) is 0 Å². The van der Waals surface area contributed by atoms with E-state index < -0.39 is 22.7 Å². The average molecular weight is 335 g/mol. The molecule has 0 unspecified atom stereocenters. The number of aromatic nitrogens is 1. The fraction of sp³-hybridized carbons (Fsp3) is 0.118. The molecule has 3 aromatic rings. The SMILES string of the molecule is CC(=O)c1c([O-])cc(C)oc1=O.Oc1cccc2cccnc12.[Na+]. The number of aryl methyl sites for hydroxylation is 1. The zero-order valence-corrected chi connectivity index (χ0v) is 15.6. The van der Waals surface area contributed by atoms with E-state index in [4.69, 9.17) is 0 Å². The Bertz CT molecular complexity index is 915. The summed E-state index contributed by atoms with van der Waals surface area (Å²) in [5, 5.41) is 21.3. The monoisotopic (exact) mass is 335 g/mol. The van der Waals surface area contributed by atoms with Gasteiger partial charge in [-0.25, -0.2) is 4.79 Å². The summed E-state index contributed by atoms with van der Waals surface area (Å²) in [6, 6.07) is 10.2. The fourth-order valence-corrected chi connectivity index (χ4v) is 1.99. The van der Waals surface area contributed by atoms with Crippen LogP contribution in [0.1, 0.15) is 23.0 Å². The van der Waals surface area contributed by atoms with E-state index in [0.29, 0.717) is 5.52 Å². The molecule has 0 atom stereocenters. The average Bonchev–Trinajstić information content (AvgIpc) is 2.47. The molecule has 0 bridgehead atoms. The van der Waals surface area contributed by atoms with Crippen molar-refractivity contribution >= 4 is 16.7 Å². The van der Waals surface area contributed by atoms with Gasteiger partial charge >= 0.3 is 35.2 Å². The second kappa shape index (κ2) is 8.63. The van der Waals surface area contributed by atoms with Gasteiger partial charge < -0.3 is 14.6 Å². The van der Waals surface area contributed by atoms with Gasteiger partial charge in [0.25, 0.3) is 0 Å². The third kappa shape index (κ3) is 4.67. The third-order valence-corrected chi connectivity index (χ3v) is 3.00. The van der Waals surface area contributed by atoms with Crippen molar-refractivity contribution in [3.63, 3.8) is 0 Å². The van der Waals surface area contributed by atoms with Gasteiger partial charge in [-0.05, 0) is 32.0 Å². The van der Waals surface area contributed by atoms with Crippen LogP contribution in [-0.4, -0.2) is 15.9 Å². The summed E-state index contributed by atoms with van der Waals surface area (Å²) >= 11 is 0. The first-order valence-electron chi connectivity index (χ1n) is 6.75. The smallest absolute Gasteiger partial charge is 0.872 e. The molecule has 24 heavy (non-hydrogen) atoms.